The molecule has 4 rings (SSSR count). The molecule has 0 bridgehead atoms. The van der Waals surface area contributed by atoms with E-state index < -0.39 is 0 Å². The van der Waals surface area contributed by atoms with Gasteiger partial charge in [0.15, 0.2) is 0 Å². The van der Waals surface area contributed by atoms with Crippen LogP contribution in [0.2, 0.25) is 0 Å². The van der Waals surface area contributed by atoms with Gasteiger partial charge in [-0.05, 0) is 150 Å². The first-order valence-corrected chi connectivity index (χ1v) is 28.5. The van der Waals surface area contributed by atoms with Crippen molar-refractivity contribution in [2.45, 2.75) is 227 Å². The van der Waals surface area contributed by atoms with Crippen molar-refractivity contribution in [3.8, 4) is 0 Å². The monoisotopic (exact) mass is 910 g/mol. The molecule has 1 aliphatic heterocycles. The van der Waals surface area contributed by atoms with Crippen LogP contribution in [-0.2, 0) is 23.7 Å². The van der Waals surface area contributed by atoms with Gasteiger partial charge in [0.05, 0.1) is 58.5 Å². The van der Waals surface area contributed by atoms with Crippen molar-refractivity contribution in [1.29, 1.82) is 0 Å². The van der Waals surface area contributed by atoms with Gasteiger partial charge in [-0.2, -0.15) is 0 Å². The quantitative estimate of drug-likeness (QED) is 0.0466. The predicted octanol–water partition coefficient (Wildman–Crippen LogP) is 15.5. The highest BCUT2D eigenvalue weighted by molar-refractivity contribution is 5.23. The predicted molar refractivity (Wildman–Crippen MR) is 277 cm³/mol. The van der Waals surface area contributed by atoms with Gasteiger partial charge in [0.2, 0.25) is 0 Å². The molecule has 0 radical (unpaired) electrons. The Morgan fingerprint density at radius 2 is 1.40 bits per heavy atom. The molecule has 4 aliphatic rings. The molecule has 3 fully saturated rings. The average molecular weight is 911 g/mol. The van der Waals surface area contributed by atoms with Crippen LogP contribution in [-0.4, -0.2) is 89.6 Å². The number of fused-ring (bicyclic) bond motifs is 3. The van der Waals surface area contributed by atoms with Crippen LogP contribution in [0.15, 0.2) is 36.0 Å². The molecule has 2 saturated carbocycles. The summed E-state index contributed by atoms with van der Waals surface area (Å²) in [6.07, 6.45) is 47.9. The van der Waals surface area contributed by atoms with Crippen LogP contribution in [0, 0.1) is 40.9 Å². The molecule has 1 heterocycles. The maximum atomic E-state index is 6.51. The van der Waals surface area contributed by atoms with Crippen LogP contribution < -0.4 is 0 Å². The second kappa shape index (κ2) is 35.1. The van der Waals surface area contributed by atoms with Gasteiger partial charge >= 0.3 is 0 Å². The standard InChI is InChI=1S/C59H107NO5/c1-7-8-9-10-11-12-13-14-15-16-17-18-19-20-21-25-40-61-41-42-63-49-56(48-60-38-23-22-24-39-60)65-46-44-62-43-45-64-55-36-37-59(6)54(47-55)34-33-53-30-27-31-57(52(5)32-35-58(53)59)51(4)29-26-28-50(2)3/h11-12,14-15,34,50-53,55-58H,7-10,13,16-33,35-49H2,1-6H3/b12-11-,15-14-/t51-,52+,53-,55?,56?,57-,58+,59+/m1/s1. The third-order valence-electron chi connectivity index (χ3n) is 16.4. The number of nitrogens with zero attached hydrogens (tertiary/aromatic N) is 1. The van der Waals surface area contributed by atoms with E-state index in [-0.39, 0.29) is 6.10 Å². The van der Waals surface area contributed by atoms with Crippen molar-refractivity contribution in [3.63, 3.8) is 0 Å². The molecule has 6 heteroatoms. The summed E-state index contributed by atoms with van der Waals surface area (Å²) in [5.41, 5.74) is 2.08. The summed E-state index contributed by atoms with van der Waals surface area (Å²) in [4.78, 5) is 2.55. The Bertz CT molecular complexity index is 1240. The van der Waals surface area contributed by atoms with Gasteiger partial charge in [0.25, 0.3) is 0 Å². The number of hydrogen-bond donors (Lipinski definition) is 0. The van der Waals surface area contributed by atoms with Gasteiger partial charge in [0.1, 0.15) is 0 Å². The Morgan fingerprint density at radius 3 is 2.18 bits per heavy atom. The maximum absolute atomic E-state index is 6.51. The Hall–Kier alpha value is -1.02. The third-order valence-corrected chi connectivity index (χ3v) is 16.4. The summed E-state index contributed by atoms with van der Waals surface area (Å²) in [6.45, 7) is 23.4. The minimum absolute atomic E-state index is 0.0653. The van der Waals surface area contributed by atoms with E-state index in [9.17, 15) is 0 Å². The van der Waals surface area contributed by atoms with E-state index in [1.807, 2.05) is 0 Å². The lowest BCUT2D eigenvalue weighted by atomic mass is 9.55. The van der Waals surface area contributed by atoms with Crippen molar-refractivity contribution in [2.75, 3.05) is 72.5 Å². The minimum atomic E-state index is 0.0653. The lowest BCUT2D eigenvalue weighted by Crippen LogP contribution is -2.43. The van der Waals surface area contributed by atoms with E-state index in [1.165, 1.54) is 167 Å². The van der Waals surface area contributed by atoms with Crippen molar-refractivity contribution in [1.82, 2.24) is 4.90 Å². The summed E-state index contributed by atoms with van der Waals surface area (Å²) in [7, 11) is 0. The Balaban J connectivity index is 1.02. The zero-order chi connectivity index (χ0) is 46.2. The van der Waals surface area contributed by atoms with E-state index in [0.29, 0.717) is 57.8 Å². The summed E-state index contributed by atoms with van der Waals surface area (Å²) < 4.78 is 31.0. The fourth-order valence-corrected chi connectivity index (χ4v) is 12.3. The van der Waals surface area contributed by atoms with Gasteiger partial charge in [-0.25, -0.2) is 0 Å². The normalized spacial score (nSPS) is 26.8. The van der Waals surface area contributed by atoms with E-state index in [0.717, 1.165) is 67.9 Å². The molecule has 65 heavy (non-hydrogen) atoms. The fraction of sp³-hybridized carbons (Fsp3) is 0.898. The van der Waals surface area contributed by atoms with E-state index in [2.05, 4.69) is 76.8 Å². The van der Waals surface area contributed by atoms with E-state index >= 15 is 0 Å². The van der Waals surface area contributed by atoms with Gasteiger partial charge in [-0.3, -0.25) is 0 Å². The first-order chi connectivity index (χ1) is 31.8. The van der Waals surface area contributed by atoms with Crippen molar-refractivity contribution in [3.05, 3.63) is 36.0 Å². The van der Waals surface area contributed by atoms with E-state index in [4.69, 9.17) is 23.7 Å². The molecule has 1 saturated heterocycles. The molecule has 0 aromatic heterocycles. The molecule has 0 N–H and O–H groups in total. The molecule has 0 aromatic rings. The first-order valence-electron chi connectivity index (χ1n) is 28.5. The SMILES string of the molecule is CCCCC/C=C\C/C=C\CCCCCCCCOCCOCC(CN1CCCCC1)OCCOCCOC1CC[C@@]2(C)C(=CC[C@H]3CCC[C@H]([C@H](C)CCCC(C)C)[C@@H](C)CC[C@@H]32)C1. The van der Waals surface area contributed by atoms with Crippen LogP contribution >= 0.6 is 0 Å². The number of rotatable bonds is 35. The van der Waals surface area contributed by atoms with Gasteiger partial charge in [0, 0.05) is 13.2 Å². The summed E-state index contributed by atoms with van der Waals surface area (Å²) >= 11 is 0. The van der Waals surface area contributed by atoms with Crippen LogP contribution in [0.25, 0.3) is 0 Å². The van der Waals surface area contributed by atoms with Crippen molar-refractivity contribution < 1.29 is 23.7 Å². The number of piperidine rings is 1. The van der Waals surface area contributed by atoms with Crippen molar-refractivity contribution >= 4 is 0 Å². The number of unbranched alkanes of at least 4 members (excludes halogenated alkanes) is 9. The van der Waals surface area contributed by atoms with E-state index in [1.54, 1.807) is 5.57 Å². The maximum Gasteiger partial charge on any atom is 0.0936 e. The van der Waals surface area contributed by atoms with Crippen LogP contribution in [0.4, 0.5) is 0 Å². The van der Waals surface area contributed by atoms with Crippen LogP contribution in [0.3, 0.4) is 0 Å². The molecule has 378 valence electrons. The average Bonchev–Trinajstić information content (AvgIpc) is 3.38. The Labute approximate surface area is 403 Å². The Morgan fingerprint density at radius 1 is 0.692 bits per heavy atom. The molecular formula is C59H107NO5. The lowest BCUT2D eigenvalue weighted by molar-refractivity contribution is -0.0679. The van der Waals surface area contributed by atoms with Gasteiger partial charge < -0.3 is 28.6 Å². The molecular weight excluding hydrogens is 803 g/mol. The summed E-state index contributed by atoms with van der Waals surface area (Å²) in [6, 6.07) is 0. The largest absolute Gasteiger partial charge is 0.379 e. The number of likely N-dealkylation sites (tertiary alicyclic amines) is 1. The summed E-state index contributed by atoms with van der Waals surface area (Å²) in [5, 5.41) is 0. The third kappa shape index (κ3) is 23.4. The Kier molecular flexibility index (Phi) is 30.6. The molecule has 0 amide bonds. The lowest BCUT2D eigenvalue weighted by Gasteiger charge is -2.51. The molecule has 0 aromatic carbocycles. The van der Waals surface area contributed by atoms with Crippen LogP contribution in [0.1, 0.15) is 215 Å². The molecule has 0 spiro atoms. The fourth-order valence-electron chi connectivity index (χ4n) is 12.3. The molecule has 6 nitrogen and oxygen atoms in total. The number of allylic oxidation sites excluding steroid dienone is 5. The van der Waals surface area contributed by atoms with Crippen molar-refractivity contribution in [2.24, 2.45) is 40.9 Å². The second-order valence-electron chi connectivity index (χ2n) is 22.2. The zero-order valence-corrected chi connectivity index (χ0v) is 43.9. The second-order valence-corrected chi connectivity index (χ2v) is 22.2. The zero-order valence-electron chi connectivity index (χ0n) is 43.9. The highest BCUT2D eigenvalue weighted by Gasteiger charge is 2.47. The van der Waals surface area contributed by atoms with Gasteiger partial charge in [-0.1, -0.05) is 155 Å². The first kappa shape index (κ1) is 56.6. The minimum Gasteiger partial charge on any atom is -0.379 e. The molecule has 2 unspecified atom stereocenters. The van der Waals surface area contributed by atoms with Gasteiger partial charge in [-0.15, -0.1) is 0 Å². The molecule has 3 aliphatic carbocycles. The number of ether oxygens (including phenoxy) is 5. The summed E-state index contributed by atoms with van der Waals surface area (Å²) in [5.74, 6) is 5.19. The highest BCUT2D eigenvalue weighted by Crippen LogP contribution is 2.56. The smallest absolute Gasteiger partial charge is 0.0936 e. The highest BCUT2D eigenvalue weighted by atomic mass is 16.6. The topological polar surface area (TPSA) is 49.4 Å². The molecule has 8 atom stereocenters. The van der Waals surface area contributed by atoms with Crippen LogP contribution in [0.5, 0.6) is 0 Å². The number of hydrogen-bond acceptors (Lipinski definition) is 6.